The van der Waals surface area contributed by atoms with Gasteiger partial charge in [-0.2, -0.15) is 57.1 Å². The van der Waals surface area contributed by atoms with Gasteiger partial charge in [0.05, 0.1) is 0 Å². The van der Waals surface area contributed by atoms with Gasteiger partial charge in [0.15, 0.2) is 0 Å². The minimum atomic E-state index is -7.99. The third-order valence-electron chi connectivity index (χ3n) is 2.62. The molecular formula is C8H5Cl2F13OSi. The van der Waals surface area contributed by atoms with Gasteiger partial charge in [-0.3, -0.25) is 0 Å². The normalized spacial score (nSPS) is 16.3. The van der Waals surface area contributed by atoms with Crippen LogP contribution in [0.5, 0.6) is 0 Å². The van der Waals surface area contributed by atoms with E-state index in [2.05, 4.69) is 26.6 Å². The molecule has 0 unspecified atom stereocenters. The second-order valence-corrected chi connectivity index (χ2v) is 10.0. The Labute approximate surface area is 140 Å². The minimum absolute atomic E-state index is 0.783. The minimum Gasteiger partial charge on any atom is -0.389 e. The number of hydrogen-bond donors (Lipinski definition) is 0. The summed E-state index contributed by atoms with van der Waals surface area (Å²) in [6.07, 6.45) is -7.47. The fraction of sp³-hybridized carbons (Fsp3) is 1.00. The molecule has 0 spiro atoms. The summed E-state index contributed by atoms with van der Waals surface area (Å²) in [4.78, 5) is 0. The average Bonchev–Trinajstić information content (AvgIpc) is 2.35. The Hall–Kier alpha value is -0.153. The van der Waals surface area contributed by atoms with Crippen LogP contribution in [0.15, 0.2) is 0 Å². The van der Waals surface area contributed by atoms with Crippen molar-refractivity contribution in [2.75, 3.05) is 6.61 Å². The molecule has 0 saturated heterocycles. The molecule has 0 fully saturated rings. The number of halogens is 15. The largest absolute Gasteiger partial charge is 0.472 e. The van der Waals surface area contributed by atoms with E-state index in [0.717, 1.165) is 6.92 Å². The van der Waals surface area contributed by atoms with E-state index in [4.69, 9.17) is 0 Å². The summed E-state index contributed by atoms with van der Waals surface area (Å²) in [7, 11) is 0. The third kappa shape index (κ3) is 3.40. The molecule has 0 aromatic rings. The fourth-order valence-corrected chi connectivity index (χ4v) is 3.66. The first kappa shape index (κ1) is 24.8. The SMILES string of the molecule is CCO[Si](Cl)(Cl)C(F)(F)C(F)(F)C(F)(F)C(F)(F)C(F)(F)C(F)(F)F. The van der Waals surface area contributed by atoms with Crippen molar-refractivity contribution >= 4 is 29.1 Å². The zero-order valence-corrected chi connectivity index (χ0v) is 13.8. The van der Waals surface area contributed by atoms with Crippen LogP contribution in [0.2, 0.25) is 0 Å². The lowest BCUT2D eigenvalue weighted by Crippen LogP contribution is -2.73. The Morgan fingerprint density at radius 3 is 1.24 bits per heavy atom. The van der Waals surface area contributed by atoms with Crippen LogP contribution in [0.3, 0.4) is 0 Å². The maximum absolute atomic E-state index is 13.5. The molecule has 0 heterocycles. The molecular weight excluding hydrogens is 458 g/mol. The number of hydrogen-bond acceptors (Lipinski definition) is 1. The van der Waals surface area contributed by atoms with Gasteiger partial charge in [0.1, 0.15) is 0 Å². The van der Waals surface area contributed by atoms with Crippen molar-refractivity contribution in [1.82, 2.24) is 0 Å². The zero-order valence-electron chi connectivity index (χ0n) is 11.3. The van der Waals surface area contributed by atoms with Gasteiger partial charge in [0.2, 0.25) is 0 Å². The van der Waals surface area contributed by atoms with Gasteiger partial charge in [-0.25, -0.2) is 0 Å². The Balaban J connectivity index is 6.40. The van der Waals surface area contributed by atoms with E-state index < -0.39 is 49.0 Å². The summed E-state index contributed by atoms with van der Waals surface area (Å²) in [6.45, 7) is -6.58. The summed E-state index contributed by atoms with van der Waals surface area (Å²) in [5, 5.41) is 0. The topological polar surface area (TPSA) is 9.23 Å². The highest BCUT2D eigenvalue weighted by molar-refractivity contribution is 7.43. The van der Waals surface area contributed by atoms with Crippen molar-refractivity contribution in [3.8, 4) is 0 Å². The van der Waals surface area contributed by atoms with Crippen LogP contribution in [-0.2, 0) is 4.43 Å². The molecule has 0 amide bonds. The highest BCUT2D eigenvalue weighted by Crippen LogP contribution is 2.62. The van der Waals surface area contributed by atoms with Crippen LogP contribution in [-0.4, -0.2) is 49.0 Å². The van der Waals surface area contributed by atoms with E-state index in [9.17, 15) is 57.1 Å². The summed E-state index contributed by atoms with van der Waals surface area (Å²) >= 11 is 9.27. The molecule has 1 nitrogen and oxygen atoms in total. The molecule has 0 aliphatic heterocycles. The van der Waals surface area contributed by atoms with Crippen molar-refractivity contribution in [3.63, 3.8) is 0 Å². The van der Waals surface area contributed by atoms with Crippen molar-refractivity contribution in [3.05, 3.63) is 0 Å². The van der Waals surface area contributed by atoms with Crippen molar-refractivity contribution in [2.45, 2.75) is 42.3 Å². The van der Waals surface area contributed by atoms with Gasteiger partial charge in [0.25, 0.3) is 0 Å². The molecule has 0 aliphatic carbocycles. The van der Waals surface area contributed by atoms with Gasteiger partial charge in [-0.15, -0.1) is 22.2 Å². The molecule has 0 N–H and O–H groups in total. The maximum atomic E-state index is 13.5. The lowest BCUT2D eigenvalue weighted by atomic mass is 9.98. The summed E-state index contributed by atoms with van der Waals surface area (Å²) in [6, 6.07) is 0. The Kier molecular flexibility index (Phi) is 6.43. The molecule has 0 radical (unpaired) electrons. The molecule has 152 valence electrons. The number of rotatable bonds is 7. The zero-order chi connectivity index (χ0) is 20.9. The highest BCUT2D eigenvalue weighted by Gasteiger charge is 2.93. The maximum Gasteiger partial charge on any atom is 0.472 e. The van der Waals surface area contributed by atoms with E-state index in [1.54, 1.807) is 0 Å². The van der Waals surface area contributed by atoms with Crippen LogP contribution in [0.4, 0.5) is 57.1 Å². The average molecular weight is 463 g/mol. The lowest BCUT2D eigenvalue weighted by molar-refractivity contribution is -0.434. The van der Waals surface area contributed by atoms with Crippen LogP contribution >= 0.6 is 22.2 Å². The molecule has 25 heavy (non-hydrogen) atoms. The molecule has 0 bridgehead atoms. The molecule has 0 atom stereocenters. The van der Waals surface area contributed by atoms with E-state index in [1.807, 2.05) is 0 Å². The Morgan fingerprint density at radius 2 is 0.960 bits per heavy atom. The predicted molar refractivity (Wildman–Crippen MR) is 59.9 cm³/mol. The lowest BCUT2D eigenvalue weighted by Gasteiger charge is -2.41. The van der Waals surface area contributed by atoms with Gasteiger partial charge >= 0.3 is 42.3 Å². The predicted octanol–water partition coefficient (Wildman–Crippen LogP) is 5.72. The highest BCUT2D eigenvalue weighted by atomic mass is 35.7. The first-order valence-electron chi connectivity index (χ1n) is 5.53. The van der Waals surface area contributed by atoms with Crippen molar-refractivity contribution in [2.24, 2.45) is 0 Å². The molecule has 0 rings (SSSR count). The van der Waals surface area contributed by atoms with Crippen LogP contribution in [0, 0.1) is 0 Å². The van der Waals surface area contributed by atoms with Crippen molar-refractivity contribution in [1.29, 1.82) is 0 Å². The van der Waals surface area contributed by atoms with E-state index in [-0.39, 0.29) is 0 Å². The van der Waals surface area contributed by atoms with E-state index in [0.29, 0.717) is 0 Å². The van der Waals surface area contributed by atoms with Crippen LogP contribution in [0.25, 0.3) is 0 Å². The van der Waals surface area contributed by atoms with Gasteiger partial charge in [-0.1, -0.05) is 0 Å². The van der Waals surface area contributed by atoms with Crippen LogP contribution < -0.4 is 0 Å². The second-order valence-electron chi connectivity index (χ2n) is 4.32. The molecule has 0 aromatic heterocycles. The van der Waals surface area contributed by atoms with E-state index in [1.165, 1.54) is 0 Å². The second kappa shape index (κ2) is 6.47. The van der Waals surface area contributed by atoms with Gasteiger partial charge in [0, 0.05) is 6.61 Å². The first-order valence-corrected chi connectivity index (χ1v) is 9.47. The quantitative estimate of drug-likeness (QED) is 0.267. The first-order chi connectivity index (χ1) is 10.6. The monoisotopic (exact) mass is 462 g/mol. The van der Waals surface area contributed by atoms with Crippen LogP contribution in [0.1, 0.15) is 6.92 Å². The Morgan fingerprint density at radius 1 is 0.640 bits per heavy atom. The molecule has 0 saturated carbocycles. The molecule has 0 aliphatic rings. The third-order valence-corrected chi connectivity index (χ3v) is 6.40. The number of alkyl halides is 13. The Bertz CT molecular complexity index is 489. The van der Waals surface area contributed by atoms with E-state index >= 15 is 0 Å². The standard InChI is InChI=1S/C8H5Cl2F13OSi/c1-2-24-25(9,10)8(22,23)6(17,18)4(13,14)3(11,12)5(15,16)7(19,20)21/h2H2,1H3. The fourth-order valence-electron chi connectivity index (χ4n) is 1.22. The summed E-state index contributed by atoms with van der Waals surface area (Å²) < 4.78 is 170. The summed E-state index contributed by atoms with van der Waals surface area (Å²) in [5.74, 6) is -31.3. The molecule has 0 aromatic carbocycles. The van der Waals surface area contributed by atoms with Gasteiger partial charge < -0.3 is 4.43 Å². The van der Waals surface area contributed by atoms with Crippen molar-refractivity contribution < 1.29 is 61.5 Å². The van der Waals surface area contributed by atoms with Gasteiger partial charge in [-0.05, 0) is 6.92 Å². The smallest absolute Gasteiger partial charge is 0.389 e. The molecule has 17 heteroatoms. The summed E-state index contributed by atoms with van der Waals surface area (Å²) in [5.41, 5.74) is -6.59.